The third-order valence-electron chi connectivity index (χ3n) is 4.28. The van der Waals surface area contributed by atoms with Crippen LogP contribution in [0.3, 0.4) is 0 Å². The van der Waals surface area contributed by atoms with Gasteiger partial charge in [-0.25, -0.2) is 9.67 Å². The Balaban J connectivity index is 1.59. The van der Waals surface area contributed by atoms with E-state index in [4.69, 9.17) is 0 Å². The van der Waals surface area contributed by atoms with Crippen molar-refractivity contribution in [1.82, 2.24) is 14.8 Å². The third kappa shape index (κ3) is 3.77. The Labute approximate surface area is 157 Å². The zero-order chi connectivity index (χ0) is 18.5. The molecule has 2 aromatic carbocycles. The van der Waals surface area contributed by atoms with Gasteiger partial charge in [0.2, 0.25) is 5.91 Å². The zero-order valence-electron chi connectivity index (χ0n) is 14.6. The van der Waals surface area contributed by atoms with Gasteiger partial charge in [0.1, 0.15) is 0 Å². The Morgan fingerprint density at radius 3 is 2.04 bits per heavy atom. The summed E-state index contributed by atoms with van der Waals surface area (Å²) in [5.41, 5.74) is 2.54. The van der Waals surface area contributed by atoms with Gasteiger partial charge in [-0.15, -0.1) is 0 Å². The van der Waals surface area contributed by atoms with Gasteiger partial charge in [-0.1, -0.05) is 60.7 Å². The van der Waals surface area contributed by atoms with Gasteiger partial charge in [-0.2, -0.15) is 5.10 Å². The third-order valence-corrected chi connectivity index (χ3v) is 4.28. The first-order chi connectivity index (χ1) is 13.3. The van der Waals surface area contributed by atoms with E-state index in [2.05, 4.69) is 15.4 Å². The average Bonchev–Trinajstić information content (AvgIpc) is 3.25. The van der Waals surface area contributed by atoms with Crippen LogP contribution >= 0.6 is 0 Å². The summed E-state index contributed by atoms with van der Waals surface area (Å²) < 4.78 is 1.67. The molecule has 27 heavy (non-hydrogen) atoms. The van der Waals surface area contributed by atoms with Crippen LogP contribution in [0.15, 0.2) is 97.5 Å². The van der Waals surface area contributed by atoms with Crippen LogP contribution in [0.2, 0.25) is 0 Å². The first-order valence-corrected chi connectivity index (χ1v) is 8.68. The summed E-state index contributed by atoms with van der Waals surface area (Å²) in [6.45, 7) is 0. The second-order valence-electron chi connectivity index (χ2n) is 6.10. The largest absolute Gasteiger partial charge is 0.324 e. The lowest BCUT2D eigenvalue weighted by Crippen LogP contribution is -2.22. The smallest absolute Gasteiger partial charge is 0.236 e. The van der Waals surface area contributed by atoms with Crippen molar-refractivity contribution in [3.8, 4) is 5.82 Å². The Kier molecular flexibility index (Phi) is 4.74. The van der Waals surface area contributed by atoms with E-state index in [1.54, 1.807) is 17.1 Å². The van der Waals surface area contributed by atoms with E-state index in [0.717, 1.165) is 11.1 Å². The van der Waals surface area contributed by atoms with Gasteiger partial charge >= 0.3 is 0 Å². The van der Waals surface area contributed by atoms with Gasteiger partial charge in [-0.3, -0.25) is 4.79 Å². The summed E-state index contributed by atoms with van der Waals surface area (Å²) in [6.07, 6.45) is 5.16. The Hall–Kier alpha value is -3.73. The van der Waals surface area contributed by atoms with Crippen molar-refractivity contribution >= 4 is 11.6 Å². The lowest BCUT2D eigenvalue weighted by atomic mass is 9.90. The highest BCUT2D eigenvalue weighted by Gasteiger charge is 2.22. The number of aromatic nitrogens is 3. The molecule has 2 aromatic heterocycles. The molecule has 4 aromatic rings. The van der Waals surface area contributed by atoms with Gasteiger partial charge in [-0.05, 0) is 29.3 Å². The summed E-state index contributed by atoms with van der Waals surface area (Å²) in [5.74, 6) is 0.208. The quantitative estimate of drug-likeness (QED) is 0.588. The number of hydrogen-bond donors (Lipinski definition) is 1. The first-order valence-electron chi connectivity index (χ1n) is 8.68. The van der Waals surface area contributed by atoms with Crippen molar-refractivity contribution in [2.75, 3.05) is 5.32 Å². The number of benzene rings is 2. The number of pyridine rings is 1. The van der Waals surface area contributed by atoms with Crippen LogP contribution in [0.5, 0.6) is 0 Å². The SMILES string of the molecule is O=C(Nc1ccc(-n2cccn2)nc1)C(c1ccccc1)c1ccccc1. The highest BCUT2D eigenvalue weighted by Crippen LogP contribution is 2.26. The zero-order valence-corrected chi connectivity index (χ0v) is 14.6. The molecule has 0 aliphatic carbocycles. The molecule has 1 amide bonds. The molecule has 2 heterocycles. The number of carbonyl (C=O) groups excluding carboxylic acids is 1. The second-order valence-corrected chi connectivity index (χ2v) is 6.10. The van der Waals surface area contributed by atoms with Crippen molar-refractivity contribution in [1.29, 1.82) is 0 Å². The standard InChI is InChI=1S/C22H18N4O/c27-22(25-19-12-13-20(23-16-19)26-15-7-14-24-26)21(17-8-3-1-4-9-17)18-10-5-2-6-11-18/h1-16,21H,(H,25,27). The predicted molar refractivity (Wildman–Crippen MR) is 105 cm³/mol. The number of nitrogens with zero attached hydrogens (tertiary/aromatic N) is 3. The van der Waals surface area contributed by atoms with E-state index in [0.29, 0.717) is 11.5 Å². The predicted octanol–water partition coefficient (Wildman–Crippen LogP) is 4.04. The van der Waals surface area contributed by atoms with Crippen LogP contribution in [0, 0.1) is 0 Å². The topological polar surface area (TPSA) is 59.8 Å². The molecule has 0 fully saturated rings. The lowest BCUT2D eigenvalue weighted by Gasteiger charge is -2.18. The molecule has 0 bridgehead atoms. The van der Waals surface area contributed by atoms with Crippen LogP contribution < -0.4 is 5.32 Å². The minimum absolute atomic E-state index is 0.0963. The summed E-state index contributed by atoms with van der Waals surface area (Å²) in [5, 5.41) is 7.13. The molecule has 0 saturated heterocycles. The van der Waals surface area contributed by atoms with Crippen molar-refractivity contribution in [2.24, 2.45) is 0 Å². The average molecular weight is 354 g/mol. The number of anilines is 1. The normalized spacial score (nSPS) is 10.7. The maximum absolute atomic E-state index is 13.1. The minimum Gasteiger partial charge on any atom is -0.324 e. The van der Waals surface area contributed by atoms with Crippen LogP contribution in [-0.4, -0.2) is 20.7 Å². The maximum Gasteiger partial charge on any atom is 0.236 e. The van der Waals surface area contributed by atoms with Crippen LogP contribution in [0.4, 0.5) is 5.69 Å². The number of hydrogen-bond acceptors (Lipinski definition) is 3. The molecule has 0 unspecified atom stereocenters. The molecule has 132 valence electrons. The molecule has 5 heteroatoms. The summed E-state index contributed by atoms with van der Waals surface area (Å²) in [6, 6.07) is 25.0. The molecule has 0 atom stereocenters. The number of nitrogens with one attached hydrogen (secondary N) is 1. The minimum atomic E-state index is -0.391. The van der Waals surface area contributed by atoms with E-state index in [9.17, 15) is 4.79 Å². The fourth-order valence-electron chi connectivity index (χ4n) is 3.00. The molecule has 0 radical (unpaired) electrons. The van der Waals surface area contributed by atoms with Crippen molar-refractivity contribution in [3.05, 3.63) is 109 Å². The molecular weight excluding hydrogens is 336 g/mol. The van der Waals surface area contributed by atoms with Gasteiger partial charge in [0.25, 0.3) is 0 Å². The van der Waals surface area contributed by atoms with E-state index in [1.807, 2.05) is 85.1 Å². The lowest BCUT2D eigenvalue weighted by molar-refractivity contribution is -0.116. The number of carbonyl (C=O) groups is 1. The Bertz CT molecular complexity index is 958. The van der Waals surface area contributed by atoms with Gasteiger partial charge < -0.3 is 5.32 Å². The molecule has 0 spiro atoms. The molecule has 0 aliphatic heterocycles. The van der Waals surface area contributed by atoms with E-state index < -0.39 is 5.92 Å². The maximum atomic E-state index is 13.1. The van der Waals surface area contributed by atoms with E-state index in [1.165, 1.54) is 0 Å². The molecule has 1 N–H and O–H groups in total. The Morgan fingerprint density at radius 1 is 0.852 bits per heavy atom. The molecular formula is C22H18N4O. The highest BCUT2D eigenvalue weighted by molar-refractivity contribution is 5.98. The van der Waals surface area contributed by atoms with Crippen molar-refractivity contribution in [3.63, 3.8) is 0 Å². The van der Waals surface area contributed by atoms with Crippen LogP contribution in [0.1, 0.15) is 17.0 Å². The van der Waals surface area contributed by atoms with Gasteiger partial charge in [0.15, 0.2) is 5.82 Å². The number of rotatable bonds is 5. The van der Waals surface area contributed by atoms with E-state index in [-0.39, 0.29) is 5.91 Å². The molecule has 0 aliphatic rings. The molecule has 0 saturated carbocycles. The fraction of sp³-hybridized carbons (Fsp3) is 0.0455. The van der Waals surface area contributed by atoms with Gasteiger partial charge in [0.05, 0.1) is 17.8 Å². The van der Waals surface area contributed by atoms with Crippen LogP contribution in [0.25, 0.3) is 5.82 Å². The van der Waals surface area contributed by atoms with Gasteiger partial charge in [0, 0.05) is 12.4 Å². The van der Waals surface area contributed by atoms with Crippen molar-refractivity contribution < 1.29 is 4.79 Å². The summed E-state index contributed by atoms with van der Waals surface area (Å²) in [7, 11) is 0. The fourth-order valence-corrected chi connectivity index (χ4v) is 3.00. The second kappa shape index (κ2) is 7.66. The highest BCUT2D eigenvalue weighted by atomic mass is 16.1. The summed E-state index contributed by atoms with van der Waals surface area (Å²) >= 11 is 0. The van der Waals surface area contributed by atoms with Crippen LogP contribution in [-0.2, 0) is 4.79 Å². The van der Waals surface area contributed by atoms with Crippen molar-refractivity contribution in [2.45, 2.75) is 5.92 Å². The van der Waals surface area contributed by atoms with E-state index >= 15 is 0 Å². The Morgan fingerprint density at radius 2 is 1.52 bits per heavy atom. The first kappa shape index (κ1) is 16.7. The number of amides is 1. The molecule has 4 rings (SSSR count). The summed E-state index contributed by atoms with van der Waals surface area (Å²) in [4.78, 5) is 17.4. The monoisotopic (exact) mass is 354 g/mol. The molecule has 5 nitrogen and oxygen atoms in total.